The highest BCUT2D eigenvalue weighted by atomic mass is 16.5. The quantitative estimate of drug-likeness (QED) is 0.563. The van der Waals surface area contributed by atoms with Gasteiger partial charge in [-0.2, -0.15) is 0 Å². The van der Waals surface area contributed by atoms with Gasteiger partial charge in [0.15, 0.2) is 5.58 Å². The van der Waals surface area contributed by atoms with Crippen LogP contribution in [0.2, 0.25) is 0 Å². The van der Waals surface area contributed by atoms with Crippen LogP contribution in [0.4, 0.5) is 0 Å². The molecule has 0 amide bonds. The molecule has 2 aromatic heterocycles. The van der Waals surface area contributed by atoms with E-state index in [1.54, 1.807) is 11.7 Å². The number of nitrogens with one attached hydrogen (secondary N) is 1. The van der Waals surface area contributed by atoms with E-state index in [4.69, 9.17) is 9.15 Å². The minimum atomic E-state index is -0.285. The number of rotatable bonds is 5. The van der Waals surface area contributed by atoms with Gasteiger partial charge in [-0.3, -0.25) is 9.47 Å². The van der Waals surface area contributed by atoms with Gasteiger partial charge in [-0.15, -0.1) is 0 Å². The van der Waals surface area contributed by atoms with Crippen molar-refractivity contribution in [1.29, 1.82) is 0 Å². The van der Waals surface area contributed by atoms with E-state index in [0.717, 1.165) is 42.8 Å². The van der Waals surface area contributed by atoms with E-state index in [1.807, 2.05) is 30.3 Å². The van der Waals surface area contributed by atoms with Crippen LogP contribution in [0.15, 0.2) is 63.9 Å². The van der Waals surface area contributed by atoms with E-state index in [0.29, 0.717) is 12.1 Å². The molecule has 5 rings (SSSR count). The number of oxazole rings is 1. The third-order valence-corrected chi connectivity index (χ3v) is 5.74. The second kappa shape index (κ2) is 7.29. The Kier molecular flexibility index (Phi) is 4.48. The molecular weight excluding hydrogens is 366 g/mol. The summed E-state index contributed by atoms with van der Waals surface area (Å²) in [6.45, 7) is 3.28. The first kappa shape index (κ1) is 17.8. The van der Waals surface area contributed by atoms with Gasteiger partial charge in [0.25, 0.3) is 0 Å². The SMILES string of the molecule is COc1ccc2[nH]cc(C3=CCN(CCn4c(=O)oc5ccccc54)CC3)c2c1. The van der Waals surface area contributed by atoms with Gasteiger partial charge in [-0.25, -0.2) is 4.79 Å². The lowest BCUT2D eigenvalue weighted by Crippen LogP contribution is -2.33. The molecule has 0 atom stereocenters. The first-order valence-corrected chi connectivity index (χ1v) is 9.88. The monoisotopic (exact) mass is 389 g/mol. The number of para-hydroxylation sites is 2. The molecular formula is C23H23N3O3. The summed E-state index contributed by atoms with van der Waals surface area (Å²) in [6, 6.07) is 13.7. The fraction of sp³-hybridized carbons (Fsp3) is 0.261. The number of benzene rings is 2. The molecule has 148 valence electrons. The van der Waals surface area contributed by atoms with E-state index < -0.39 is 0 Å². The van der Waals surface area contributed by atoms with Gasteiger partial charge in [0.2, 0.25) is 0 Å². The van der Waals surface area contributed by atoms with Gasteiger partial charge in [0.05, 0.1) is 12.6 Å². The molecule has 1 N–H and O–H groups in total. The van der Waals surface area contributed by atoms with Crippen LogP contribution < -0.4 is 10.5 Å². The summed E-state index contributed by atoms with van der Waals surface area (Å²) >= 11 is 0. The molecule has 0 saturated heterocycles. The Labute approximate surface area is 168 Å². The van der Waals surface area contributed by atoms with Crippen molar-refractivity contribution in [3.05, 3.63) is 70.9 Å². The van der Waals surface area contributed by atoms with E-state index >= 15 is 0 Å². The molecule has 0 aliphatic carbocycles. The molecule has 0 fully saturated rings. The molecule has 0 bridgehead atoms. The van der Waals surface area contributed by atoms with Crippen LogP contribution in [0.5, 0.6) is 5.75 Å². The first-order valence-electron chi connectivity index (χ1n) is 9.88. The third-order valence-electron chi connectivity index (χ3n) is 5.74. The molecule has 0 saturated carbocycles. The predicted molar refractivity (Wildman–Crippen MR) is 114 cm³/mol. The number of methoxy groups -OCH3 is 1. The van der Waals surface area contributed by atoms with Crippen LogP contribution in [0.25, 0.3) is 27.6 Å². The van der Waals surface area contributed by atoms with Crippen LogP contribution in [-0.2, 0) is 6.54 Å². The maximum absolute atomic E-state index is 12.1. The molecule has 0 spiro atoms. The van der Waals surface area contributed by atoms with E-state index in [2.05, 4.69) is 34.3 Å². The minimum Gasteiger partial charge on any atom is -0.497 e. The van der Waals surface area contributed by atoms with Crippen molar-refractivity contribution < 1.29 is 9.15 Å². The molecule has 6 heteroatoms. The predicted octanol–water partition coefficient (Wildman–Crippen LogP) is 3.87. The number of H-pyrrole nitrogens is 1. The number of aromatic nitrogens is 2. The van der Waals surface area contributed by atoms with Crippen molar-refractivity contribution in [3.63, 3.8) is 0 Å². The Morgan fingerprint density at radius 2 is 2.07 bits per heavy atom. The van der Waals surface area contributed by atoms with Crippen LogP contribution in [0.3, 0.4) is 0 Å². The fourth-order valence-corrected chi connectivity index (χ4v) is 4.12. The van der Waals surface area contributed by atoms with Crippen molar-refractivity contribution in [2.24, 2.45) is 0 Å². The van der Waals surface area contributed by atoms with Crippen LogP contribution in [0, 0.1) is 0 Å². The second-order valence-electron chi connectivity index (χ2n) is 7.38. The average Bonchev–Trinajstić information content (AvgIpc) is 3.32. The maximum Gasteiger partial charge on any atom is 0.419 e. The lowest BCUT2D eigenvalue weighted by atomic mass is 9.99. The van der Waals surface area contributed by atoms with Crippen molar-refractivity contribution in [3.8, 4) is 5.75 Å². The number of fused-ring (bicyclic) bond motifs is 2. The van der Waals surface area contributed by atoms with Gasteiger partial charge in [-0.05, 0) is 42.3 Å². The lowest BCUT2D eigenvalue weighted by Gasteiger charge is -2.26. The lowest BCUT2D eigenvalue weighted by molar-refractivity contribution is 0.286. The Morgan fingerprint density at radius 3 is 2.90 bits per heavy atom. The summed E-state index contributed by atoms with van der Waals surface area (Å²) in [5.41, 5.74) is 5.23. The van der Waals surface area contributed by atoms with Crippen LogP contribution in [0.1, 0.15) is 12.0 Å². The van der Waals surface area contributed by atoms with Gasteiger partial charge in [-0.1, -0.05) is 18.2 Å². The van der Waals surface area contributed by atoms with Gasteiger partial charge < -0.3 is 14.1 Å². The van der Waals surface area contributed by atoms with Crippen molar-refractivity contribution in [1.82, 2.24) is 14.5 Å². The molecule has 29 heavy (non-hydrogen) atoms. The molecule has 0 radical (unpaired) electrons. The Bertz CT molecular complexity index is 1260. The summed E-state index contributed by atoms with van der Waals surface area (Å²) < 4.78 is 12.4. The van der Waals surface area contributed by atoms with Gasteiger partial charge >= 0.3 is 5.76 Å². The molecule has 1 aliphatic rings. The van der Waals surface area contributed by atoms with E-state index in [1.165, 1.54) is 16.5 Å². The number of aromatic amines is 1. The summed E-state index contributed by atoms with van der Waals surface area (Å²) in [5, 5.41) is 1.19. The highest BCUT2D eigenvalue weighted by Crippen LogP contribution is 2.31. The van der Waals surface area contributed by atoms with Crippen molar-refractivity contribution in [2.45, 2.75) is 13.0 Å². The van der Waals surface area contributed by atoms with Crippen LogP contribution >= 0.6 is 0 Å². The zero-order chi connectivity index (χ0) is 19.8. The summed E-state index contributed by atoms with van der Waals surface area (Å²) in [5.74, 6) is 0.585. The Hall–Kier alpha value is -3.25. The minimum absolute atomic E-state index is 0.285. The second-order valence-corrected chi connectivity index (χ2v) is 7.38. The zero-order valence-electron chi connectivity index (χ0n) is 16.4. The summed E-state index contributed by atoms with van der Waals surface area (Å²) in [6.07, 6.45) is 5.36. The Balaban J connectivity index is 1.31. The van der Waals surface area contributed by atoms with E-state index in [9.17, 15) is 4.79 Å². The first-order chi connectivity index (χ1) is 14.2. The van der Waals surface area contributed by atoms with E-state index in [-0.39, 0.29) is 5.76 Å². The zero-order valence-corrected chi connectivity index (χ0v) is 16.4. The average molecular weight is 389 g/mol. The summed E-state index contributed by atoms with van der Waals surface area (Å²) in [7, 11) is 1.69. The van der Waals surface area contributed by atoms with Crippen molar-refractivity contribution >= 4 is 27.6 Å². The maximum atomic E-state index is 12.1. The standard InChI is InChI=1S/C23H23N3O3/c1-28-17-6-7-20-18(14-17)19(15-24-20)16-8-10-25(11-9-16)12-13-26-21-4-2-3-5-22(21)29-23(26)27/h2-8,14-15,24H,9-13H2,1H3. The number of nitrogens with zero attached hydrogens (tertiary/aromatic N) is 2. The number of hydrogen-bond donors (Lipinski definition) is 1. The van der Waals surface area contributed by atoms with Crippen LogP contribution in [-0.4, -0.2) is 41.2 Å². The molecule has 2 aromatic carbocycles. The van der Waals surface area contributed by atoms with Gasteiger partial charge in [0.1, 0.15) is 5.75 Å². The molecule has 0 unspecified atom stereocenters. The fourth-order valence-electron chi connectivity index (χ4n) is 4.12. The smallest absolute Gasteiger partial charge is 0.419 e. The number of hydrogen-bond acceptors (Lipinski definition) is 4. The Morgan fingerprint density at radius 1 is 1.17 bits per heavy atom. The molecule has 1 aliphatic heterocycles. The van der Waals surface area contributed by atoms with Crippen molar-refractivity contribution in [2.75, 3.05) is 26.7 Å². The molecule has 6 nitrogen and oxygen atoms in total. The largest absolute Gasteiger partial charge is 0.497 e. The molecule has 4 aromatic rings. The number of ether oxygens (including phenoxy) is 1. The molecule has 3 heterocycles. The van der Waals surface area contributed by atoms with Gasteiger partial charge in [0, 0.05) is 48.8 Å². The normalized spacial score (nSPS) is 15.1. The highest BCUT2D eigenvalue weighted by molar-refractivity contribution is 5.93. The third kappa shape index (κ3) is 3.25. The highest BCUT2D eigenvalue weighted by Gasteiger charge is 2.17. The topological polar surface area (TPSA) is 63.4 Å². The summed E-state index contributed by atoms with van der Waals surface area (Å²) in [4.78, 5) is 17.9.